The summed E-state index contributed by atoms with van der Waals surface area (Å²) >= 11 is 7.27. The third kappa shape index (κ3) is 3.48. The fourth-order valence-electron chi connectivity index (χ4n) is 1.68. The molecule has 106 valence electrons. The molecular weight excluding hydrogens is 308 g/mol. The Labute approximate surface area is 131 Å². The molecule has 2 N–H and O–H groups in total. The largest absolute Gasteiger partial charge is 0.465 e. The molecule has 0 aliphatic rings. The topological polar surface area (TPSA) is 76.1 Å². The van der Waals surface area contributed by atoms with Gasteiger partial charge in [-0.25, -0.2) is 4.79 Å². The van der Waals surface area contributed by atoms with Crippen molar-refractivity contribution in [2.75, 3.05) is 12.8 Å². The number of halogens is 1. The highest BCUT2D eigenvalue weighted by atomic mass is 35.5. The number of carbonyl (C=O) groups excluding carboxylic acids is 1. The summed E-state index contributed by atoms with van der Waals surface area (Å²) in [5, 5.41) is 9.65. The van der Waals surface area contributed by atoms with Crippen molar-refractivity contribution in [3.8, 4) is 6.07 Å². The van der Waals surface area contributed by atoms with Gasteiger partial charge in [0.1, 0.15) is 6.07 Å². The number of nitrogens with two attached hydrogens (primary N) is 1. The number of nitriles is 1. The van der Waals surface area contributed by atoms with Crippen LogP contribution in [0.1, 0.15) is 15.9 Å². The van der Waals surface area contributed by atoms with Crippen LogP contribution in [0.4, 0.5) is 5.69 Å². The van der Waals surface area contributed by atoms with Crippen molar-refractivity contribution in [3.05, 3.63) is 52.5 Å². The highest BCUT2D eigenvalue weighted by Gasteiger charge is 2.11. The summed E-state index contributed by atoms with van der Waals surface area (Å²) in [5.74, 6) is -0.446. The summed E-state index contributed by atoms with van der Waals surface area (Å²) in [7, 11) is 1.31. The first-order chi connectivity index (χ1) is 10.0. The van der Waals surface area contributed by atoms with E-state index < -0.39 is 5.97 Å². The van der Waals surface area contributed by atoms with Crippen LogP contribution in [-0.4, -0.2) is 13.1 Å². The van der Waals surface area contributed by atoms with Crippen LogP contribution in [-0.2, 0) is 4.74 Å². The molecule has 0 fully saturated rings. The van der Waals surface area contributed by atoms with Gasteiger partial charge in [-0.05, 0) is 36.4 Å². The summed E-state index contributed by atoms with van der Waals surface area (Å²) in [6, 6.07) is 12.0. The molecule has 0 bridgehead atoms. The maximum atomic E-state index is 11.4. The number of carbonyl (C=O) groups is 1. The number of hydrogen-bond donors (Lipinski definition) is 1. The van der Waals surface area contributed by atoms with Crippen LogP contribution in [0.15, 0.2) is 46.2 Å². The molecule has 2 aromatic rings. The van der Waals surface area contributed by atoms with Crippen molar-refractivity contribution in [1.29, 1.82) is 5.26 Å². The molecular formula is C15H11ClN2O2S. The van der Waals surface area contributed by atoms with E-state index in [0.29, 0.717) is 26.7 Å². The molecule has 0 aromatic heterocycles. The lowest BCUT2D eigenvalue weighted by atomic mass is 10.2. The third-order valence-corrected chi connectivity index (χ3v) is 4.10. The summed E-state index contributed by atoms with van der Waals surface area (Å²) in [6.45, 7) is 0. The second-order valence-electron chi connectivity index (χ2n) is 4.10. The zero-order chi connectivity index (χ0) is 15.4. The maximum absolute atomic E-state index is 11.4. The van der Waals surface area contributed by atoms with Gasteiger partial charge in [0.25, 0.3) is 0 Å². The van der Waals surface area contributed by atoms with Crippen molar-refractivity contribution in [3.63, 3.8) is 0 Å². The van der Waals surface area contributed by atoms with E-state index in [4.69, 9.17) is 22.6 Å². The Hall–Kier alpha value is -2.16. The number of methoxy groups -OCH3 is 1. The Morgan fingerprint density at radius 2 is 2.05 bits per heavy atom. The van der Waals surface area contributed by atoms with E-state index in [1.54, 1.807) is 36.4 Å². The normalized spacial score (nSPS) is 9.95. The Kier molecular flexibility index (Phi) is 4.73. The number of benzene rings is 2. The summed E-state index contributed by atoms with van der Waals surface area (Å²) < 4.78 is 4.64. The second kappa shape index (κ2) is 6.53. The van der Waals surface area contributed by atoms with E-state index in [1.807, 2.05) is 0 Å². The number of anilines is 1. The van der Waals surface area contributed by atoms with Crippen LogP contribution < -0.4 is 5.73 Å². The van der Waals surface area contributed by atoms with Crippen molar-refractivity contribution >= 4 is 35.0 Å². The van der Waals surface area contributed by atoms with E-state index >= 15 is 0 Å². The van der Waals surface area contributed by atoms with E-state index in [9.17, 15) is 4.79 Å². The van der Waals surface area contributed by atoms with Crippen LogP contribution >= 0.6 is 23.4 Å². The SMILES string of the molecule is COC(=O)c1ccc(Sc2cc(Cl)ccc2C#N)c(N)c1. The predicted molar refractivity (Wildman–Crippen MR) is 82.5 cm³/mol. The molecule has 0 amide bonds. The molecule has 0 heterocycles. The zero-order valence-electron chi connectivity index (χ0n) is 11.1. The second-order valence-corrected chi connectivity index (χ2v) is 5.62. The van der Waals surface area contributed by atoms with Crippen LogP contribution in [0.25, 0.3) is 0 Å². The molecule has 0 unspecified atom stereocenters. The third-order valence-electron chi connectivity index (χ3n) is 2.71. The zero-order valence-corrected chi connectivity index (χ0v) is 12.7. The first-order valence-corrected chi connectivity index (χ1v) is 7.10. The molecule has 0 aliphatic carbocycles. The standard InChI is InChI=1S/C15H11ClN2O2S/c1-20-15(19)9-3-5-13(12(18)6-9)21-14-7-11(16)4-2-10(14)8-17/h2-7H,18H2,1H3. The van der Waals surface area contributed by atoms with Crippen molar-refractivity contribution in [2.45, 2.75) is 9.79 Å². The first-order valence-electron chi connectivity index (χ1n) is 5.90. The molecule has 0 aliphatic heterocycles. The van der Waals surface area contributed by atoms with Crippen LogP contribution in [0.5, 0.6) is 0 Å². The number of hydrogen-bond acceptors (Lipinski definition) is 5. The molecule has 6 heteroatoms. The van der Waals surface area contributed by atoms with Gasteiger partial charge in [-0.1, -0.05) is 23.4 Å². The van der Waals surface area contributed by atoms with E-state index in [-0.39, 0.29) is 0 Å². The highest BCUT2D eigenvalue weighted by Crippen LogP contribution is 2.35. The number of ether oxygens (including phenoxy) is 1. The Morgan fingerprint density at radius 1 is 1.29 bits per heavy atom. The fraction of sp³-hybridized carbons (Fsp3) is 0.0667. The van der Waals surface area contributed by atoms with Gasteiger partial charge >= 0.3 is 5.97 Å². The number of nitrogen functional groups attached to an aromatic ring is 1. The fourth-order valence-corrected chi connectivity index (χ4v) is 2.87. The maximum Gasteiger partial charge on any atom is 0.337 e. The molecule has 0 radical (unpaired) electrons. The minimum atomic E-state index is -0.446. The molecule has 2 aromatic carbocycles. The van der Waals surface area contributed by atoms with Gasteiger partial charge in [0.2, 0.25) is 0 Å². The lowest BCUT2D eigenvalue weighted by Crippen LogP contribution is -2.02. The Balaban J connectivity index is 2.35. The van der Waals surface area contributed by atoms with Gasteiger partial charge in [0.15, 0.2) is 0 Å². The molecule has 0 saturated heterocycles. The smallest absolute Gasteiger partial charge is 0.337 e. The summed E-state index contributed by atoms with van der Waals surface area (Å²) in [5.41, 5.74) is 7.28. The van der Waals surface area contributed by atoms with Crippen molar-refractivity contribution in [1.82, 2.24) is 0 Å². The summed E-state index contributed by atoms with van der Waals surface area (Å²) in [6.07, 6.45) is 0. The number of rotatable bonds is 3. The summed E-state index contributed by atoms with van der Waals surface area (Å²) in [4.78, 5) is 12.9. The van der Waals surface area contributed by atoms with Gasteiger partial charge in [-0.3, -0.25) is 0 Å². The lowest BCUT2D eigenvalue weighted by Gasteiger charge is -2.08. The average Bonchev–Trinajstić information content (AvgIpc) is 2.48. The molecule has 0 atom stereocenters. The molecule has 0 saturated carbocycles. The van der Waals surface area contributed by atoms with Gasteiger partial charge < -0.3 is 10.5 Å². The number of nitrogens with zero attached hydrogens (tertiary/aromatic N) is 1. The van der Waals surface area contributed by atoms with Crippen molar-refractivity contribution < 1.29 is 9.53 Å². The molecule has 4 nitrogen and oxygen atoms in total. The number of esters is 1. The lowest BCUT2D eigenvalue weighted by molar-refractivity contribution is 0.0600. The van der Waals surface area contributed by atoms with Crippen LogP contribution in [0, 0.1) is 11.3 Å². The van der Waals surface area contributed by atoms with Crippen molar-refractivity contribution in [2.24, 2.45) is 0 Å². The molecule has 2 rings (SSSR count). The van der Waals surface area contributed by atoms with E-state index in [2.05, 4.69) is 10.8 Å². The molecule has 0 spiro atoms. The van der Waals surface area contributed by atoms with Gasteiger partial charge in [-0.2, -0.15) is 5.26 Å². The Bertz CT molecular complexity index is 741. The van der Waals surface area contributed by atoms with Gasteiger partial charge in [0.05, 0.1) is 18.2 Å². The van der Waals surface area contributed by atoms with Crippen LogP contribution in [0.2, 0.25) is 5.02 Å². The minimum absolute atomic E-state index is 0.381. The minimum Gasteiger partial charge on any atom is -0.465 e. The van der Waals surface area contributed by atoms with Crippen LogP contribution in [0.3, 0.4) is 0 Å². The predicted octanol–water partition coefficient (Wildman–Crippen LogP) is 3.73. The Morgan fingerprint density at radius 3 is 2.67 bits per heavy atom. The monoisotopic (exact) mass is 318 g/mol. The van der Waals surface area contributed by atoms with E-state index in [0.717, 1.165) is 4.90 Å². The quantitative estimate of drug-likeness (QED) is 0.689. The molecule has 21 heavy (non-hydrogen) atoms. The van der Waals surface area contributed by atoms with Gasteiger partial charge in [0, 0.05) is 20.5 Å². The first kappa shape index (κ1) is 15.2. The highest BCUT2D eigenvalue weighted by molar-refractivity contribution is 7.99. The average molecular weight is 319 g/mol. The van der Waals surface area contributed by atoms with E-state index in [1.165, 1.54) is 18.9 Å². The van der Waals surface area contributed by atoms with Gasteiger partial charge in [-0.15, -0.1) is 0 Å².